The summed E-state index contributed by atoms with van der Waals surface area (Å²) in [5.74, 6) is 0. The van der Waals surface area contributed by atoms with E-state index in [9.17, 15) is 25.9 Å². The third kappa shape index (κ3) is 15.3. The molecule has 4 aromatic rings. The van der Waals surface area contributed by atoms with E-state index in [0.29, 0.717) is 10.8 Å². The smallest absolute Gasteiger partial charge is 0.744 e. The molecule has 0 spiro atoms. The van der Waals surface area contributed by atoms with Crippen LogP contribution in [0.5, 0.6) is 0 Å². The third-order valence-electron chi connectivity index (χ3n) is 10.1. The summed E-state index contributed by atoms with van der Waals surface area (Å²) < 4.78 is 70.3. The Hall–Kier alpha value is -1.21. The minimum atomic E-state index is -4.47. The number of fused-ring (bicyclic) bond motifs is 2. The van der Waals surface area contributed by atoms with Gasteiger partial charge in [-0.2, -0.15) is 0 Å². The standard InChI is InChI=1S/2C22H32O3S.Ba/c2*1-3-5-7-9-12-18-14-11-15-20-21(26(23,24)25)17-16-19(22(18)20)13-10-8-6-4-2;/h2*11,14-17H,3-10,12-13H2,1-2H3,(H,23,24,25);/q;;+2/p-2. The van der Waals surface area contributed by atoms with Crippen LogP contribution < -0.4 is 0 Å². The minimum absolute atomic E-state index is 0. The molecule has 0 unspecified atom stereocenters. The summed E-state index contributed by atoms with van der Waals surface area (Å²) in [7, 11) is -8.94. The van der Waals surface area contributed by atoms with Crippen molar-refractivity contribution in [1.82, 2.24) is 0 Å². The quantitative estimate of drug-likeness (QED) is 0.0441. The largest absolute Gasteiger partial charge is 2.00 e. The summed E-state index contributed by atoms with van der Waals surface area (Å²) in [6.07, 6.45) is 22.5. The molecule has 0 radical (unpaired) electrons. The van der Waals surface area contributed by atoms with E-state index in [1.807, 2.05) is 24.3 Å². The Kier molecular flexibility index (Phi) is 22.7. The van der Waals surface area contributed by atoms with Gasteiger partial charge in [-0.1, -0.05) is 153 Å². The van der Waals surface area contributed by atoms with E-state index in [2.05, 4.69) is 39.8 Å². The predicted octanol–water partition coefficient (Wildman–Crippen LogP) is 11.6. The van der Waals surface area contributed by atoms with Crippen molar-refractivity contribution in [3.05, 3.63) is 82.9 Å². The maximum absolute atomic E-state index is 11.7. The fraction of sp³-hybridized carbons (Fsp3) is 0.545. The SMILES string of the molecule is CCCCCCc1cccc2c(S(=O)(=O)[O-])ccc(CCCCCC)c12.CCCCCCc1cccc2c(S(=O)(=O)[O-])ccc(CCCCCC)c12.[Ba+2]. The van der Waals surface area contributed by atoms with Crippen LogP contribution in [0.25, 0.3) is 21.5 Å². The number of rotatable bonds is 22. The molecule has 0 aliphatic heterocycles. The van der Waals surface area contributed by atoms with Gasteiger partial charge in [-0.3, -0.25) is 0 Å². The molecule has 0 atom stereocenters. The van der Waals surface area contributed by atoms with Crippen molar-refractivity contribution in [1.29, 1.82) is 0 Å². The first-order valence-electron chi connectivity index (χ1n) is 20.0. The fourth-order valence-corrected chi connectivity index (χ4v) is 8.65. The van der Waals surface area contributed by atoms with Crippen molar-refractivity contribution in [3.63, 3.8) is 0 Å². The van der Waals surface area contributed by atoms with Gasteiger partial charge in [0.1, 0.15) is 20.2 Å². The number of hydrogen-bond donors (Lipinski definition) is 0. The molecule has 0 aliphatic carbocycles. The van der Waals surface area contributed by atoms with E-state index in [0.717, 1.165) is 62.1 Å². The van der Waals surface area contributed by atoms with Crippen LogP contribution in [-0.2, 0) is 45.9 Å². The van der Waals surface area contributed by atoms with E-state index in [4.69, 9.17) is 0 Å². The number of unbranched alkanes of at least 4 members (excludes halogenated alkanes) is 12. The zero-order valence-corrected chi connectivity index (χ0v) is 39.0. The summed E-state index contributed by atoms with van der Waals surface area (Å²) in [6.45, 7) is 8.77. The van der Waals surface area contributed by atoms with Gasteiger partial charge in [0.25, 0.3) is 0 Å². The van der Waals surface area contributed by atoms with E-state index in [1.54, 1.807) is 12.1 Å². The molecule has 0 fully saturated rings. The van der Waals surface area contributed by atoms with E-state index >= 15 is 0 Å². The van der Waals surface area contributed by atoms with Crippen molar-refractivity contribution in [3.8, 4) is 0 Å². The van der Waals surface area contributed by atoms with Crippen molar-refractivity contribution in [2.75, 3.05) is 0 Å². The second-order valence-electron chi connectivity index (χ2n) is 14.3. The van der Waals surface area contributed by atoms with Crippen molar-refractivity contribution in [2.24, 2.45) is 0 Å². The van der Waals surface area contributed by atoms with Crippen LogP contribution in [0.2, 0.25) is 0 Å². The first-order chi connectivity index (χ1) is 25.0. The molecule has 0 saturated carbocycles. The molecule has 0 heterocycles. The van der Waals surface area contributed by atoms with Crippen molar-refractivity contribution in [2.45, 2.75) is 166 Å². The van der Waals surface area contributed by atoms with Crippen LogP contribution in [-0.4, -0.2) is 74.8 Å². The monoisotopic (exact) mass is 888 g/mol. The normalized spacial score (nSPS) is 11.7. The minimum Gasteiger partial charge on any atom is -0.744 e. The molecule has 4 rings (SSSR count). The van der Waals surface area contributed by atoms with Crippen LogP contribution in [0.3, 0.4) is 0 Å². The van der Waals surface area contributed by atoms with Crippen LogP contribution in [0.1, 0.15) is 153 Å². The van der Waals surface area contributed by atoms with Crippen LogP contribution >= 0.6 is 0 Å². The molecular weight excluding hydrogens is 826 g/mol. The topological polar surface area (TPSA) is 114 Å². The van der Waals surface area contributed by atoms with Crippen LogP contribution in [0.4, 0.5) is 0 Å². The summed E-state index contributed by atoms with van der Waals surface area (Å²) in [4.78, 5) is -0.166. The molecule has 6 nitrogen and oxygen atoms in total. The van der Waals surface area contributed by atoms with E-state index in [1.165, 1.54) is 111 Å². The Morgan fingerprint density at radius 2 is 0.679 bits per heavy atom. The fourth-order valence-electron chi connectivity index (χ4n) is 7.31. The average Bonchev–Trinajstić information content (AvgIpc) is 3.11. The maximum Gasteiger partial charge on any atom is 2.00 e. The Labute approximate surface area is 361 Å². The molecule has 0 amide bonds. The Bertz CT molecular complexity index is 1730. The zero-order chi connectivity index (χ0) is 38.0. The van der Waals surface area contributed by atoms with E-state index in [-0.39, 0.29) is 58.7 Å². The third-order valence-corrected chi connectivity index (χ3v) is 11.9. The molecule has 0 N–H and O–H groups in total. The number of aryl methyl sites for hydroxylation is 4. The van der Waals surface area contributed by atoms with Crippen LogP contribution in [0, 0.1) is 0 Å². The maximum atomic E-state index is 11.7. The molecule has 0 saturated heterocycles. The van der Waals surface area contributed by atoms with Gasteiger partial charge in [-0.25, -0.2) is 16.8 Å². The van der Waals surface area contributed by atoms with Crippen molar-refractivity contribution >= 4 is 90.7 Å². The second-order valence-corrected chi connectivity index (χ2v) is 17.0. The molecule has 0 bridgehead atoms. The second kappa shape index (κ2) is 25.1. The average molecular weight is 888 g/mol. The summed E-state index contributed by atoms with van der Waals surface area (Å²) in [5, 5.41) is 3.19. The number of hydrogen-bond acceptors (Lipinski definition) is 6. The van der Waals surface area contributed by atoms with E-state index < -0.39 is 20.2 Å². The molecular formula is C44H62BaO6S2. The van der Waals surface area contributed by atoms with Gasteiger partial charge in [-0.15, -0.1) is 0 Å². The summed E-state index contributed by atoms with van der Waals surface area (Å²) in [6, 6.07) is 18.2. The Morgan fingerprint density at radius 3 is 0.943 bits per heavy atom. The Balaban J connectivity index is 0.000000360. The predicted molar refractivity (Wildman–Crippen MR) is 221 cm³/mol. The van der Waals surface area contributed by atoms with Gasteiger partial charge < -0.3 is 9.11 Å². The molecule has 288 valence electrons. The Morgan fingerprint density at radius 1 is 0.396 bits per heavy atom. The van der Waals surface area contributed by atoms with Crippen molar-refractivity contribution < 1.29 is 25.9 Å². The zero-order valence-electron chi connectivity index (χ0n) is 32.9. The first kappa shape index (κ1) is 47.9. The van der Waals surface area contributed by atoms with Gasteiger partial charge in [-0.05, 0) is 107 Å². The number of benzene rings is 4. The molecule has 9 heteroatoms. The molecule has 53 heavy (non-hydrogen) atoms. The first-order valence-corrected chi connectivity index (χ1v) is 22.8. The summed E-state index contributed by atoms with van der Waals surface area (Å²) >= 11 is 0. The van der Waals surface area contributed by atoms with Gasteiger partial charge >= 0.3 is 48.9 Å². The molecule has 0 aliphatic rings. The molecule has 4 aromatic carbocycles. The van der Waals surface area contributed by atoms with Crippen LogP contribution in [0.15, 0.2) is 70.5 Å². The van der Waals surface area contributed by atoms with Gasteiger partial charge in [0.05, 0.1) is 9.79 Å². The van der Waals surface area contributed by atoms with Gasteiger partial charge in [0.2, 0.25) is 0 Å². The summed E-state index contributed by atoms with van der Waals surface area (Å²) in [5.41, 5.74) is 4.70. The van der Waals surface area contributed by atoms with Gasteiger partial charge in [0.15, 0.2) is 0 Å². The molecule has 0 aromatic heterocycles. The van der Waals surface area contributed by atoms with Gasteiger partial charge in [0, 0.05) is 0 Å².